The van der Waals surface area contributed by atoms with Crippen LogP contribution in [0.15, 0.2) is 0 Å². The SMILES string of the molecule is Cc1nn(C)c(C)c1CNC(=O)CC1CCCN1. The Morgan fingerprint density at radius 2 is 2.33 bits per heavy atom. The van der Waals surface area contributed by atoms with Crippen LogP contribution in [0.5, 0.6) is 0 Å². The van der Waals surface area contributed by atoms with Crippen LogP contribution in [0.4, 0.5) is 0 Å². The summed E-state index contributed by atoms with van der Waals surface area (Å²) in [5.41, 5.74) is 3.24. The van der Waals surface area contributed by atoms with E-state index in [1.54, 1.807) is 0 Å². The zero-order chi connectivity index (χ0) is 13.1. The van der Waals surface area contributed by atoms with Crippen molar-refractivity contribution in [3.63, 3.8) is 0 Å². The zero-order valence-corrected chi connectivity index (χ0v) is 11.4. The van der Waals surface area contributed by atoms with Gasteiger partial charge in [-0.05, 0) is 33.2 Å². The lowest BCUT2D eigenvalue weighted by molar-refractivity contribution is -0.121. The van der Waals surface area contributed by atoms with E-state index >= 15 is 0 Å². The van der Waals surface area contributed by atoms with E-state index in [9.17, 15) is 4.79 Å². The monoisotopic (exact) mass is 250 g/mol. The number of amides is 1. The van der Waals surface area contributed by atoms with Gasteiger partial charge in [0, 0.05) is 37.3 Å². The highest BCUT2D eigenvalue weighted by molar-refractivity contribution is 5.76. The standard InChI is InChI=1S/C13H22N4O/c1-9-12(10(2)17(3)16-9)8-15-13(18)7-11-5-4-6-14-11/h11,14H,4-8H2,1-3H3,(H,15,18). The van der Waals surface area contributed by atoms with Crippen molar-refractivity contribution in [2.24, 2.45) is 7.05 Å². The topological polar surface area (TPSA) is 59.0 Å². The number of carbonyl (C=O) groups is 1. The Balaban J connectivity index is 1.85. The molecule has 18 heavy (non-hydrogen) atoms. The molecule has 0 saturated carbocycles. The number of nitrogens with zero attached hydrogens (tertiary/aromatic N) is 2. The molecule has 0 aromatic carbocycles. The van der Waals surface area contributed by atoms with Crippen molar-refractivity contribution < 1.29 is 4.79 Å². The van der Waals surface area contributed by atoms with Crippen molar-refractivity contribution in [2.75, 3.05) is 6.54 Å². The summed E-state index contributed by atoms with van der Waals surface area (Å²) >= 11 is 0. The van der Waals surface area contributed by atoms with E-state index in [-0.39, 0.29) is 5.91 Å². The molecule has 2 N–H and O–H groups in total. The third-order valence-corrected chi connectivity index (χ3v) is 3.72. The Kier molecular flexibility index (Phi) is 4.01. The van der Waals surface area contributed by atoms with Crippen LogP contribution in [0, 0.1) is 13.8 Å². The van der Waals surface area contributed by atoms with Gasteiger partial charge in [0.15, 0.2) is 0 Å². The minimum atomic E-state index is 0.122. The van der Waals surface area contributed by atoms with E-state index < -0.39 is 0 Å². The van der Waals surface area contributed by atoms with Crippen molar-refractivity contribution >= 4 is 5.91 Å². The van der Waals surface area contributed by atoms with Crippen LogP contribution in [0.3, 0.4) is 0 Å². The molecule has 1 aliphatic heterocycles. The molecule has 0 aliphatic carbocycles. The normalized spacial score (nSPS) is 19.2. The van der Waals surface area contributed by atoms with E-state index in [2.05, 4.69) is 15.7 Å². The van der Waals surface area contributed by atoms with Gasteiger partial charge in [0.1, 0.15) is 0 Å². The first-order valence-electron chi connectivity index (χ1n) is 6.57. The summed E-state index contributed by atoms with van der Waals surface area (Å²) in [5, 5.41) is 10.7. The molecule has 0 bridgehead atoms. The van der Waals surface area contributed by atoms with Gasteiger partial charge in [0.2, 0.25) is 5.91 Å². The number of aryl methyl sites for hydroxylation is 2. The van der Waals surface area contributed by atoms with Crippen molar-refractivity contribution in [1.29, 1.82) is 0 Å². The quantitative estimate of drug-likeness (QED) is 0.831. The van der Waals surface area contributed by atoms with Gasteiger partial charge >= 0.3 is 0 Å². The van der Waals surface area contributed by atoms with Gasteiger partial charge in [0.25, 0.3) is 0 Å². The van der Waals surface area contributed by atoms with Crippen LogP contribution >= 0.6 is 0 Å². The molecule has 1 atom stereocenters. The first-order valence-corrected chi connectivity index (χ1v) is 6.57. The Morgan fingerprint density at radius 3 is 2.89 bits per heavy atom. The zero-order valence-electron chi connectivity index (χ0n) is 11.4. The summed E-state index contributed by atoms with van der Waals surface area (Å²) in [7, 11) is 1.93. The molecule has 100 valence electrons. The maximum absolute atomic E-state index is 11.8. The summed E-state index contributed by atoms with van der Waals surface area (Å²) in [6, 6.07) is 0.362. The smallest absolute Gasteiger partial charge is 0.221 e. The third kappa shape index (κ3) is 2.90. The fraction of sp³-hybridized carbons (Fsp3) is 0.692. The molecule has 1 unspecified atom stereocenters. The summed E-state index contributed by atoms with van der Waals surface area (Å²) < 4.78 is 1.86. The summed E-state index contributed by atoms with van der Waals surface area (Å²) in [6.07, 6.45) is 2.87. The lowest BCUT2D eigenvalue weighted by Crippen LogP contribution is -2.31. The fourth-order valence-corrected chi connectivity index (χ4v) is 2.49. The van der Waals surface area contributed by atoms with Crippen molar-refractivity contribution in [1.82, 2.24) is 20.4 Å². The maximum Gasteiger partial charge on any atom is 0.221 e. The number of rotatable bonds is 4. The second-order valence-electron chi connectivity index (χ2n) is 5.05. The number of nitrogens with one attached hydrogen (secondary N) is 2. The van der Waals surface area contributed by atoms with E-state index in [4.69, 9.17) is 0 Å². The highest BCUT2D eigenvalue weighted by Crippen LogP contribution is 2.12. The number of aromatic nitrogens is 2. The van der Waals surface area contributed by atoms with Crippen LogP contribution in [0.2, 0.25) is 0 Å². The maximum atomic E-state index is 11.8. The lowest BCUT2D eigenvalue weighted by atomic mass is 10.1. The van der Waals surface area contributed by atoms with E-state index in [1.165, 1.54) is 6.42 Å². The van der Waals surface area contributed by atoms with Crippen LogP contribution < -0.4 is 10.6 Å². The Morgan fingerprint density at radius 1 is 1.56 bits per heavy atom. The molecule has 1 fully saturated rings. The van der Waals surface area contributed by atoms with Crippen molar-refractivity contribution in [3.8, 4) is 0 Å². The van der Waals surface area contributed by atoms with E-state index in [1.807, 2.05) is 25.6 Å². The molecule has 0 radical (unpaired) electrons. The van der Waals surface area contributed by atoms with Gasteiger partial charge in [-0.3, -0.25) is 9.48 Å². The first kappa shape index (κ1) is 13.1. The molecule has 0 spiro atoms. The number of carbonyl (C=O) groups excluding carboxylic acids is 1. The second kappa shape index (κ2) is 5.52. The van der Waals surface area contributed by atoms with Gasteiger partial charge in [0.05, 0.1) is 5.69 Å². The lowest BCUT2D eigenvalue weighted by Gasteiger charge is -2.10. The van der Waals surface area contributed by atoms with Gasteiger partial charge < -0.3 is 10.6 Å². The molecule has 2 rings (SSSR count). The predicted octanol–water partition coefficient (Wildman–Crippen LogP) is 0.795. The van der Waals surface area contributed by atoms with Gasteiger partial charge in [-0.2, -0.15) is 5.10 Å². The van der Waals surface area contributed by atoms with Crippen LogP contribution in [0.1, 0.15) is 36.2 Å². The number of hydrogen-bond donors (Lipinski definition) is 2. The first-order chi connectivity index (χ1) is 8.58. The van der Waals surface area contributed by atoms with E-state index in [0.717, 1.165) is 29.9 Å². The van der Waals surface area contributed by atoms with Crippen molar-refractivity contribution in [3.05, 3.63) is 17.0 Å². The molecular formula is C13H22N4O. The summed E-state index contributed by atoms with van der Waals surface area (Å²) in [4.78, 5) is 11.8. The molecule has 5 heteroatoms. The second-order valence-corrected chi connectivity index (χ2v) is 5.05. The Bertz CT molecular complexity index is 432. The van der Waals surface area contributed by atoms with Gasteiger partial charge in [-0.1, -0.05) is 0 Å². The minimum absolute atomic E-state index is 0.122. The molecule has 1 saturated heterocycles. The highest BCUT2D eigenvalue weighted by atomic mass is 16.1. The molecule has 1 aromatic heterocycles. The average Bonchev–Trinajstić information content (AvgIpc) is 2.88. The largest absolute Gasteiger partial charge is 0.352 e. The molecule has 2 heterocycles. The summed E-state index contributed by atoms with van der Waals surface area (Å²) in [6.45, 7) is 5.63. The predicted molar refractivity (Wildman–Crippen MR) is 70.2 cm³/mol. The molecule has 1 aromatic rings. The average molecular weight is 250 g/mol. The number of hydrogen-bond acceptors (Lipinski definition) is 3. The third-order valence-electron chi connectivity index (χ3n) is 3.72. The van der Waals surface area contributed by atoms with Crippen LogP contribution in [0.25, 0.3) is 0 Å². The van der Waals surface area contributed by atoms with Crippen LogP contribution in [-0.4, -0.2) is 28.3 Å². The molecule has 1 aliphatic rings. The highest BCUT2D eigenvalue weighted by Gasteiger charge is 2.18. The molecule has 1 amide bonds. The fourth-order valence-electron chi connectivity index (χ4n) is 2.49. The Hall–Kier alpha value is -1.36. The Labute approximate surface area is 108 Å². The van der Waals surface area contributed by atoms with Gasteiger partial charge in [-0.15, -0.1) is 0 Å². The molecular weight excluding hydrogens is 228 g/mol. The summed E-state index contributed by atoms with van der Waals surface area (Å²) in [5.74, 6) is 0.122. The van der Waals surface area contributed by atoms with E-state index in [0.29, 0.717) is 19.0 Å². The minimum Gasteiger partial charge on any atom is -0.352 e. The van der Waals surface area contributed by atoms with Gasteiger partial charge in [-0.25, -0.2) is 0 Å². The van der Waals surface area contributed by atoms with Crippen LogP contribution in [-0.2, 0) is 18.4 Å². The molecule has 5 nitrogen and oxygen atoms in total. The van der Waals surface area contributed by atoms with Crippen molar-refractivity contribution in [2.45, 2.75) is 45.7 Å².